The van der Waals surface area contributed by atoms with Gasteiger partial charge in [0, 0.05) is 19.3 Å². The van der Waals surface area contributed by atoms with E-state index in [1.165, 1.54) is 0 Å². The topological polar surface area (TPSA) is 54.4 Å². The van der Waals surface area contributed by atoms with E-state index < -0.39 is 0 Å². The quantitative estimate of drug-likeness (QED) is 0.649. The van der Waals surface area contributed by atoms with Crippen molar-refractivity contribution in [3.63, 3.8) is 0 Å². The molecule has 0 bridgehead atoms. The Bertz CT molecular complexity index is 305. The lowest BCUT2D eigenvalue weighted by Crippen LogP contribution is -2.06. The Kier molecular flexibility index (Phi) is 7.14. The average Bonchev–Trinajstić information content (AvgIpc) is 2.36. The number of aliphatic hydroxyl groups excluding tert-OH is 1. The molecule has 1 heterocycles. The van der Waals surface area contributed by atoms with Gasteiger partial charge in [0.05, 0.1) is 6.61 Å². The van der Waals surface area contributed by atoms with E-state index in [9.17, 15) is 0 Å². The number of hydrogen-bond acceptors (Lipinski definition) is 4. The lowest BCUT2D eigenvalue weighted by Gasteiger charge is -2.10. The predicted molar refractivity (Wildman–Crippen MR) is 69.4 cm³/mol. The van der Waals surface area contributed by atoms with E-state index in [-0.39, 0.29) is 0 Å². The van der Waals surface area contributed by atoms with Crippen molar-refractivity contribution in [2.24, 2.45) is 0 Å². The van der Waals surface area contributed by atoms with Crippen molar-refractivity contribution < 1.29 is 9.84 Å². The van der Waals surface area contributed by atoms with E-state index in [4.69, 9.17) is 9.84 Å². The third-order valence-corrected chi connectivity index (χ3v) is 2.45. The maximum atomic E-state index is 8.65. The second-order valence-electron chi connectivity index (χ2n) is 3.85. The summed E-state index contributed by atoms with van der Waals surface area (Å²) >= 11 is 0. The highest BCUT2D eigenvalue weighted by Crippen LogP contribution is 2.20. The van der Waals surface area contributed by atoms with Crippen molar-refractivity contribution in [1.29, 1.82) is 0 Å². The lowest BCUT2D eigenvalue weighted by molar-refractivity contribution is 0.283. The second kappa shape index (κ2) is 8.82. The highest BCUT2D eigenvalue weighted by atomic mass is 16.5. The molecule has 4 nitrogen and oxygen atoms in total. The van der Waals surface area contributed by atoms with E-state index in [1.807, 2.05) is 19.1 Å². The molecule has 1 aromatic heterocycles. The number of ether oxygens (including phenoxy) is 1. The second-order valence-corrected chi connectivity index (χ2v) is 3.85. The van der Waals surface area contributed by atoms with Crippen LogP contribution in [-0.4, -0.2) is 29.8 Å². The van der Waals surface area contributed by atoms with Gasteiger partial charge in [0.15, 0.2) is 11.6 Å². The van der Waals surface area contributed by atoms with E-state index in [2.05, 4.69) is 10.3 Å². The van der Waals surface area contributed by atoms with Crippen LogP contribution in [0.2, 0.25) is 0 Å². The summed E-state index contributed by atoms with van der Waals surface area (Å²) in [7, 11) is 0. The molecule has 0 spiro atoms. The predicted octanol–water partition coefficient (Wildman–Crippen LogP) is 2.44. The summed E-state index contributed by atoms with van der Waals surface area (Å²) in [5.41, 5.74) is 0. The Morgan fingerprint density at radius 3 is 2.88 bits per heavy atom. The normalized spacial score (nSPS) is 10.2. The van der Waals surface area contributed by atoms with Crippen LogP contribution in [0.1, 0.15) is 32.6 Å². The van der Waals surface area contributed by atoms with Crippen molar-refractivity contribution in [3.05, 3.63) is 18.3 Å². The van der Waals surface area contributed by atoms with Gasteiger partial charge >= 0.3 is 0 Å². The zero-order valence-corrected chi connectivity index (χ0v) is 10.5. The number of aliphatic hydroxyl groups is 1. The Morgan fingerprint density at radius 1 is 1.29 bits per heavy atom. The van der Waals surface area contributed by atoms with Gasteiger partial charge in [0.25, 0.3) is 0 Å². The molecule has 1 aromatic rings. The molecule has 96 valence electrons. The molecule has 0 aromatic carbocycles. The fraction of sp³-hybridized carbons (Fsp3) is 0.615. The molecule has 0 saturated heterocycles. The summed E-state index contributed by atoms with van der Waals surface area (Å²) in [6.45, 7) is 3.80. The standard InChI is InChI=1S/C13H22N2O2/c1-2-17-12-8-7-10-15-13(12)14-9-5-3-4-6-11-16/h7-8,10,16H,2-6,9,11H2,1H3,(H,14,15). The summed E-state index contributed by atoms with van der Waals surface area (Å²) in [6, 6.07) is 3.79. The van der Waals surface area contributed by atoms with Crippen LogP contribution >= 0.6 is 0 Å². The molecule has 17 heavy (non-hydrogen) atoms. The first-order chi connectivity index (χ1) is 8.38. The highest BCUT2D eigenvalue weighted by Gasteiger charge is 2.02. The minimum Gasteiger partial charge on any atom is -0.490 e. The smallest absolute Gasteiger partial charge is 0.168 e. The van der Waals surface area contributed by atoms with Crippen molar-refractivity contribution >= 4 is 5.82 Å². The fourth-order valence-corrected chi connectivity index (χ4v) is 1.59. The molecule has 0 radical (unpaired) electrons. The van der Waals surface area contributed by atoms with Crippen LogP contribution in [0.3, 0.4) is 0 Å². The zero-order valence-electron chi connectivity index (χ0n) is 10.5. The number of pyridine rings is 1. The molecule has 0 atom stereocenters. The van der Waals surface area contributed by atoms with Gasteiger partial charge in [-0.15, -0.1) is 0 Å². The molecule has 0 saturated carbocycles. The first-order valence-corrected chi connectivity index (χ1v) is 6.31. The van der Waals surface area contributed by atoms with Gasteiger partial charge in [0.1, 0.15) is 0 Å². The number of unbranched alkanes of at least 4 members (excludes halogenated alkanes) is 3. The number of anilines is 1. The van der Waals surface area contributed by atoms with Crippen molar-refractivity contribution in [1.82, 2.24) is 4.98 Å². The summed E-state index contributed by atoms with van der Waals surface area (Å²) in [4.78, 5) is 4.26. The maximum absolute atomic E-state index is 8.65. The van der Waals surface area contributed by atoms with E-state index >= 15 is 0 Å². The van der Waals surface area contributed by atoms with Crippen LogP contribution in [0.4, 0.5) is 5.82 Å². The molecule has 0 aliphatic rings. The Morgan fingerprint density at radius 2 is 2.12 bits per heavy atom. The zero-order chi connectivity index (χ0) is 12.3. The first kappa shape index (κ1) is 13.8. The van der Waals surface area contributed by atoms with Gasteiger partial charge in [-0.1, -0.05) is 12.8 Å². The SMILES string of the molecule is CCOc1cccnc1NCCCCCCO. The summed E-state index contributed by atoms with van der Waals surface area (Å²) in [5, 5.41) is 11.9. The highest BCUT2D eigenvalue weighted by molar-refractivity contribution is 5.49. The summed E-state index contributed by atoms with van der Waals surface area (Å²) in [5.74, 6) is 1.63. The molecule has 0 fully saturated rings. The number of aromatic nitrogens is 1. The third kappa shape index (κ3) is 5.54. The Hall–Kier alpha value is -1.29. The summed E-state index contributed by atoms with van der Waals surface area (Å²) in [6.07, 6.45) is 5.95. The van der Waals surface area contributed by atoms with Gasteiger partial charge < -0.3 is 15.2 Å². The lowest BCUT2D eigenvalue weighted by atomic mass is 10.2. The van der Waals surface area contributed by atoms with E-state index in [0.717, 1.165) is 43.8 Å². The minimum absolute atomic E-state index is 0.294. The van der Waals surface area contributed by atoms with Crippen molar-refractivity contribution in [2.45, 2.75) is 32.6 Å². The molecular formula is C13H22N2O2. The van der Waals surface area contributed by atoms with Crippen LogP contribution in [0.5, 0.6) is 5.75 Å². The molecular weight excluding hydrogens is 216 g/mol. The van der Waals surface area contributed by atoms with Crippen LogP contribution in [0.15, 0.2) is 18.3 Å². The van der Waals surface area contributed by atoms with Crippen molar-refractivity contribution in [3.8, 4) is 5.75 Å². The van der Waals surface area contributed by atoms with E-state index in [0.29, 0.717) is 13.2 Å². The number of hydrogen-bond donors (Lipinski definition) is 2. The molecule has 0 amide bonds. The van der Waals surface area contributed by atoms with Crippen molar-refractivity contribution in [2.75, 3.05) is 25.1 Å². The number of nitrogens with one attached hydrogen (secondary N) is 1. The molecule has 2 N–H and O–H groups in total. The van der Waals surface area contributed by atoms with Gasteiger partial charge in [-0.2, -0.15) is 0 Å². The monoisotopic (exact) mass is 238 g/mol. The molecule has 0 unspecified atom stereocenters. The van der Waals surface area contributed by atoms with Gasteiger partial charge in [-0.05, 0) is 31.9 Å². The summed E-state index contributed by atoms with van der Waals surface area (Å²) < 4.78 is 5.47. The Labute approximate surface area is 103 Å². The molecule has 0 aliphatic heterocycles. The van der Waals surface area contributed by atoms with Crippen LogP contribution in [-0.2, 0) is 0 Å². The number of rotatable bonds is 9. The molecule has 0 aliphatic carbocycles. The van der Waals surface area contributed by atoms with Gasteiger partial charge in [-0.3, -0.25) is 0 Å². The van der Waals surface area contributed by atoms with Gasteiger partial charge in [-0.25, -0.2) is 4.98 Å². The van der Waals surface area contributed by atoms with Gasteiger partial charge in [0.2, 0.25) is 0 Å². The third-order valence-electron chi connectivity index (χ3n) is 2.45. The van der Waals surface area contributed by atoms with Crippen LogP contribution in [0.25, 0.3) is 0 Å². The van der Waals surface area contributed by atoms with Crippen LogP contribution < -0.4 is 10.1 Å². The largest absolute Gasteiger partial charge is 0.490 e. The molecule has 1 rings (SSSR count). The number of nitrogens with zero attached hydrogens (tertiary/aromatic N) is 1. The van der Waals surface area contributed by atoms with E-state index in [1.54, 1.807) is 6.20 Å². The first-order valence-electron chi connectivity index (χ1n) is 6.31. The van der Waals surface area contributed by atoms with Crippen LogP contribution in [0, 0.1) is 0 Å². The molecule has 4 heteroatoms. The average molecular weight is 238 g/mol. The maximum Gasteiger partial charge on any atom is 0.168 e. The minimum atomic E-state index is 0.294. The fourth-order valence-electron chi connectivity index (χ4n) is 1.59. The Balaban J connectivity index is 2.25.